The van der Waals surface area contributed by atoms with E-state index in [0.717, 1.165) is 0 Å². The number of ether oxygens (including phenoxy) is 2. The summed E-state index contributed by atoms with van der Waals surface area (Å²) in [5.41, 5.74) is 2.14. The van der Waals surface area contributed by atoms with Crippen molar-refractivity contribution in [3.05, 3.63) is 108 Å². The Morgan fingerprint density at radius 2 is 1.65 bits per heavy atom. The average Bonchev–Trinajstić information content (AvgIpc) is 2.83. The van der Waals surface area contributed by atoms with E-state index in [-0.39, 0.29) is 0 Å². The predicted molar refractivity (Wildman–Crippen MR) is 120 cm³/mol. The van der Waals surface area contributed by atoms with Crippen LogP contribution < -0.4 is 14.9 Å². The summed E-state index contributed by atoms with van der Waals surface area (Å²) in [4.78, 5) is 13.0. The lowest BCUT2D eigenvalue weighted by Gasteiger charge is -2.27. The van der Waals surface area contributed by atoms with Crippen molar-refractivity contribution in [1.82, 2.24) is 5.43 Å². The fourth-order valence-electron chi connectivity index (χ4n) is 3.07. The molecule has 3 rings (SSSR count). The number of aliphatic hydroxyl groups is 1. The molecule has 158 valence electrons. The quantitative estimate of drug-likeness (QED) is 0.317. The Morgan fingerprint density at radius 1 is 1.03 bits per heavy atom. The van der Waals surface area contributed by atoms with Gasteiger partial charge in [0.1, 0.15) is 6.61 Å². The summed E-state index contributed by atoms with van der Waals surface area (Å²) >= 11 is 0. The van der Waals surface area contributed by atoms with E-state index in [4.69, 9.17) is 9.47 Å². The van der Waals surface area contributed by atoms with Gasteiger partial charge in [0.05, 0.1) is 13.3 Å². The van der Waals surface area contributed by atoms with Crippen LogP contribution in [0.1, 0.15) is 16.7 Å². The molecule has 1 amide bonds. The van der Waals surface area contributed by atoms with E-state index >= 15 is 0 Å². The summed E-state index contributed by atoms with van der Waals surface area (Å²) in [5, 5.41) is 15.4. The number of rotatable bonds is 9. The van der Waals surface area contributed by atoms with Crippen molar-refractivity contribution in [3.8, 4) is 11.5 Å². The van der Waals surface area contributed by atoms with Crippen LogP contribution in [-0.2, 0) is 10.4 Å². The Hall–Kier alpha value is -3.90. The van der Waals surface area contributed by atoms with Crippen molar-refractivity contribution in [2.45, 2.75) is 5.60 Å². The van der Waals surface area contributed by atoms with Crippen molar-refractivity contribution < 1.29 is 19.4 Å². The highest BCUT2D eigenvalue weighted by Gasteiger charge is 2.39. The molecule has 0 saturated carbocycles. The van der Waals surface area contributed by atoms with Gasteiger partial charge in [-0.2, -0.15) is 5.10 Å². The number of benzene rings is 3. The van der Waals surface area contributed by atoms with Crippen LogP contribution in [0.3, 0.4) is 0 Å². The number of nitrogens with zero attached hydrogens (tertiary/aromatic N) is 1. The largest absolute Gasteiger partial charge is 0.493 e. The molecule has 3 aromatic carbocycles. The molecule has 0 spiro atoms. The van der Waals surface area contributed by atoms with Gasteiger partial charge in [-0.05, 0) is 34.9 Å². The van der Waals surface area contributed by atoms with Crippen LogP contribution in [0, 0.1) is 0 Å². The summed E-state index contributed by atoms with van der Waals surface area (Å²) in [5.74, 6) is 0.437. The molecule has 0 atom stereocenters. The topological polar surface area (TPSA) is 80.2 Å². The third-order valence-corrected chi connectivity index (χ3v) is 4.64. The van der Waals surface area contributed by atoms with Crippen molar-refractivity contribution in [2.75, 3.05) is 13.7 Å². The lowest BCUT2D eigenvalue weighted by molar-refractivity contribution is -0.136. The third kappa shape index (κ3) is 4.99. The lowest BCUT2D eigenvalue weighted by atomic mass is 9.85. The monoisotopic (exact) mass is 416 g/mol. The van der Waals surface area contributed by atoms with Crippen molar-refractivity contribution >= 4 is 12.1 Å². The molecular weight excluding hydrogens is 392 g/mol. The smallest absolute Gasteiger partial charge is 0.281 e. The predicted octanol–water partition coefficient (Wildman–Crippen LogP) is 3.65. The number of hydrogen-bond acceptors (Lipinski definition) is 5. The zero-order valence-electron chi connectivity index (χ0n) is 17.2. The molecular formula is C25H24N2O4. The van der Waals surface area contributed by atoms with Gasteiger partial charge in [-0.1, -0.05) is 73.3 Å². The molecule has 0 radical (unpaired) electrons. The Bertz CT molecular complexity index is 1010. The molecule has 0 unspecified atom stereocenters. The molecule has 0 aliphatic heterocycles. The molecule has 0 heterocycles. The van der Waals surface area contributed by atoms with E-state index < -0.39 is 11.5 Å². The second-order valence-corrected chi connectivity index (χ2v) is 6.65. The van der Waals surface area contributed by atoms with Crippen LogP contribution >= 0.6 is 0 Å². The van der Waals surface area contributed by atoms with Crippen LogP contribution in [0.2, 0.25) is 0 Å². The van der Waals surface area contributed by atoms with E-state index in [2.05, 4.69) is 17.1 Å². The molecule has 0 aliphatic carbocycles. The van der Waals surface area contributed by atoms with E-state index in [9.17, 15) is 9.90 Å². The maximum atomic E-state index is 13.0. The zero-order chi connectivity index (χ0) is 22.1. The molecule has 0 saturated heterocycles. The highest BCUT2D eigenvalue weighted by Crippen LogP contribution is 2.30. The third-order valence-electron chi connectivity index (χ3n) is 4.64. The standard InChI is InChI=1S/C25H24N2O4/c1-3-16-31-22-15-14-19(17-23(22)30-2)18-26-27-24(28)25(29,20-10-6-4-7-11-20)21-12-8-5-9-13-21/h3-15,17-18,29H,1,16H2,2H3,(H,27,28)/b26-18-. The van der Waals surface area contributed by atoms with Gasteiger partial charge in [0.2, 0.25) is 0 Å². The van der Waals surface area contributed by atoms with E-state index in [1.54, 1.807) is 79.9 Å². The molecule has 31 heavy (non-hydrogen) atoms. The first-order chi connectivity index (χ1) is 15.1. The summed E-state index contributed by atoms with van der Waals surface area (Å²) < 4.78 is 10.9. The first-order valence-electron chi connectivity index (χ1n) is 9.68. The minimum absolute atomic E-state index is 0.359. The van der Waals surface area contributed by atoms with Crippen molar-refractivity contribution in [2.24, 2.45) is 5.10 Å². The van der Waals surface area contributed by atoms with Gasteiger partial charge in [-0.25, -0.2) is 5.43 Å². The molecule has 0 fully saturated rings. The van der Waals surface area contributed by atoms with Crippen LogP contribution in [0.15, 0.2) is 96.6 Å². The van der Waals surface area contributed by atoms with Gasteiger partial charge in [0.15, 0.2) is 17.1 Å². The number of hydrogen-bond donors (Lipinski definition) is 2. The molecule has 2 N–H and O–H groups in total. The van der Waals surface area contributed by atoms with Gasteiger partial charge in [-0.15, -0.1) is 0 Å². The molecule has 6 nitrogen and oxygen atoms in total. The minimum atomic E-state index is -1.89. The fourth-order valence-corrected chi connectivity index (χ4v) is 3.07. The van der Waals surface area contributed by atoms with Gasteiger partial charge in [-0.3, -0.25) is 4.79 Å². The number of amides is 1. The lowest BCUT2D eigenvalue weighted by Crippen LogP contribution is -2.43. The Kier molecular flexibility index (Phi) is 7.19. The number of nitrogens with one attached hydrogen (secondary N) is 1. The molecule has 0 aliphatic rings. The van der Waals surface area contributed by atoms with Crippen molar-refractivity contribution in [3.63, 3.8) is 0 Å². The van der Waals surface area contributed by atoms with Gasteiger partial charge < -0.3 is 14.6 Å². The maximum Gasteiger partial charge on any atom is 0.281 e. The van der Waals surface area contributed by atoms with Gasteiger partial charge in [0.25, 0.3) is 5.91 Å². The summed E-state index contributed by atoms with van der Waals surface area (Å²) in [6.45, 7) is 3.98. The SMILES string of the molecule is C=CCOc1ccc(/C=N\NC(=O)C(O)(c2ccccc2)c2ccccc2)cc1OC. The average molecular weight is 416 g/mol. The first-order valence-corrected chi connectivity index (χ1v) is 9.68. The molecule has 6 heteroatoms. The molecule has 0 aromatic heterocycles. The minimum Gasteiger partial charge on any atom is -0.493 e. The summed E-state index contributed by atoms with van der Waals surface area (Å²) in [6.07, 6.45) is 3.11. The number of carbonyl (C=O) groups is 1. The fraction of sp³-hybridized carbons (Fsp3) is 0.120. The van der Waals surface area contributed by atoms with Crippen LogP contribution in [0.25, 0.3) is 0 Å². The highest BCUT2D eigenvalue weighted by molar-refractivity contribution is 5.91. The van der Waals surface area contributed by atoms with Gasteiger partial charge >= 0.3 is 0 Å². The highest BCUT2D eigenvalue weighted by atomic mass is 16.5. The summed E-state index contributed by atoms with van der Waals surface area (Å²) in [7, 11) is 1.54. The van der Waals surface area contributed by atoms with E-state index in [1.165, 1.54) is 6.21 Å². The van der Waals surface area contributed by atoms with Crippen LogP contribution in [0.5, 0.6) is 11.5 Å². The first kappa shape index (κ1) is 21.8. The molecule has 3 aromatic rings. The normalized spacial score (nSPS) is 11.2. The number of methoxy groups -OCH3 is 1. The Balaban J connectivity index is 1.82. The van der Waals surface area contributed by atoms with Crippen molar-refractivity contribution in [1.29, 1.82) is 0 Å². The second kappa shape index (κ2) is 10.2. The molecule has 0 bridgehead atoms. The van der Waals surface area contributed by atoms with Crippen LogP contribution in [-0.4, -0.2) is 30.9 Å². The van der Waals surface area contributed by atoms with E-state index in [0.29, 0.717) is 34.8 Å². The summed E-state index contributed by atoms with van der Waals surface area (Å²) in [6, 6.07) is 22.7. The Morgan fingerprint density at radius 3 is 2.19 bits per heavy atom. The second-order valence-electron chi connectivity index (χ2n) is 6.65. The number of carbonyl (C=O) groups excluding carboxylic acids is 1. The maximum absolute atomic E-state index is 13.0. The van der Waals surface area contributed by atoms with E-state index in [1.807, 2.05) is 12.1 Å². The zero-order valence-corrected chi connectivity index (χ0v) is 17.2. The Labute approximate surface area is 181 Å². The van der Waals surface area contributed by atoms with Crippen LogP contribution in [0.4, 0.5) is 0 Å². The van der Waals surface area contributed by atoms with Gasteiger partial charge in [0, 0.05) is 0 Å². The number of hydrazone groups is 1.